The number of rotatable bonds is 6. The molecule has 0 bridgehead atoms. The standard InChI is InChI=1S/C51H32N4O/c1-4-14-33(15-5-1)36-20-12-22-38(30-36)50-52-49(35-18-8-3-9-19-35)53-51(54-50)39-26-27-43-46(32-39)56-45-29-28-42-41-24-10-11-25-44(41)55(48(42)47(43)45)40-23-13-21-37(31-40)34-16-6-2-7-17-34/h1-32H. The Morgan fingerprint density at radius 2 is 0.875 bits per heavy atom. The lowest BCUT2D eigenvalue weighted by molar-refractivity contribution is 0.669. The van der Waals surface area contributed by atoms with E-state index in [2.05, 4.69) is 162 Å². The van der Waals surface area contributed by atoms with Crippen LogP contribution in [0.25, 0.3) is 106 Å². The fourth-order valence-corrected chi connectivity index (χ4v) is 8.00. The van der Waals surface area contributed by atoms with E-state index >= 15 is 0 Å². The second-order valence-corrected chi connectivity index (χ2v) is 14.0. The smallest absolute Gasteiger partial charge is 0.164 e. The number of furan rings is 1. The molecule has 0 aliphatic rings. The highest BCUT2D eigenvalue weighted by atomic mass is 16.3. The van der Waals surface area contributed by atoms with Crippen LogP contribution in [0.5, 0.6) is 0 Å². The average Bonchev–Trinajstić information content (AvgIpc) is 3.82. The van der Waals surface area contributed by atoms with Gasteiger partial charge in [-0.2, -0.15) is 0 Å². The molecule has 0 atom stereocenters. The van der Waals surface area contributed by atoms with E-state index in [-0.39, 0.29) is 0 Å². The number of fused-ring (bicyclic) bond motifs is 7. The zero-order valence-electron chi connectivity index (χ0n) is 30.2. The molecule has 8 aromatic carbocycles. The van der Waals surface area contributed by atoms with Crippen LogP contribution >= 0.6 is 0 Å². The Kier molecular flexibility index (Phi) is 7.42. The van der Waals surface area contributed by atoms with Crippen LogP contribution < -0.4 is 0 Å². The van der Waals surface area contributed by atoms with E-state index in [1.165, 1.54) is 21.9 Å². The molecule has 11 aromatic rings. The van der Waals surface area contributed by atoms with Gasteiger partial charge in [0.1, 0.15) is 11.2 Å². The highest BCUT2D eigenvalue weighted by molar-refractivity contribution is 6.24. The third-order valence-electron chi connectivity index (χ3n) is 10.6. The Labute approximate surface area is 322 Å². The van der Waals surface area contributed by atoms with Crippen molar-refractivity contribution in [3.63, 3.8) is 0 Å². The molecule has 5 heteroatoms. The predicted octanol–water partition coefficient (Wildman–Crippen LogP) is 13.2. The fourth-order valence-electron chi connectivity index (χ4n) is 8.00. The Hall–Kier alpha value is -7.63. The SMILES string of the molecule is c1ccc(-c2cccc(-c3nc(-c4ccccc4)nc(-c4ccc5c(c4)oc4ccc6c7ccccc7n(-c7cccc(-c8ccccc8)c7)c6c45)n3)c2)cc1. The maximum absolute atomic E-state index is 6.71. The molecule has 11 rings (SSSR count). The average molecular weight is 717 g/mol. The van der Waals surface area contributed by atoms with Gasteiger partial charge in [0.2, 0.25) is 0 Å². The van der Waals surface area contributed by atoms with Crippen LogP contribution in [0, 0.1) is 0 Å². The Morgan fingerprint density at radius 1 is 0.339 bits per heavy atom. The first-order chi connectivity index (χ1) is 27.7. The van der Waals surface area contributed by atoms with E-state index in [1.807, 2.05) is 36.4 Å². The van der Waals surface area contributed by atoms with Crippen LogP contribution in [0.4, 0.5) is 0 Å². The molecule has 0 saturated heterocycles. The molecule has 3 heterocycles. The first-order valence-corrected chi connectivity index (χ1v) is 18.8. The molecule has 0 radical (unpaired) electrons. The zero-order valence-corrected chi connectivity index (χ0v) is 30.2. The molecule has 5 nitrogen and oxygen atoms in total. The normalized spacial score (nSPS) is 11.6. The van der Waals surface area contributed by atoms with Crippen molar-refractivity contribution in [2.24, 2.45) is 0 Å². The van der Waals surface area contributed by atoms with Gasteiger partial charge >= 0.3 is 0 Å². The molecule has 0 aliphatic carbocycles. The molecule has 0 saturated carbocycles. The lowest BCUT2D eigenvalue weighted by Crippen LogP contribution is -2.00. The van der Waals surface area contributed by atoms with Crippen molar-refractivity contribution in [2.45, 2.75) is 0 Å². The van der Waals surface area contributed by atoms with Gasteiger partial charge in [0.25, 0.3) is 0 Å². The third-order valence-corrected chi connectivity index (χ3v) is 10.6. The van der Waals surface area contributed by atoms with Crippen molar-refractivity contribution in [1.82, 2.24) is 19.5 Å². The lowest BCUT2D eigenvalue weighted by atomic mass is 10.0. The summed E-state index contributed by atoms with van der Waals surface area (Å²) in [5.41, 5.74) is 12.2. The highest BCUT2D eigenvalue weighted by Gasteiger charge is 2.21. The highest BCUT2D eigenvalue weighted by Crippen LogP contribution is 2.42. The summed E-state index contributed by atoms with van der Waals surface area (Å²) in [6, 6.07) is 67.4. The van der Waals surface area contributed by atoms with Crippen molar-refractivity contribution in [1.29, 1.82) is 0 Å². The summed E-state index contributed by atoms with van der Waals surface area (Å²) >= 11 is 0. The third kappa shape index (κ3) is 5.37. The number of nitrogens with zero attached hydrogens (tertiary/aromatic N) is 4. The van der Waals surface area contributed by atoms with Gasteiger partial charge in [0.05, 0.1) is 16.4 Å². The minimum atomic E-state index is 0.582. The lowest BCUT2D eigenvalue weighted by Gasteiger charge is -2.11. The Bertz CT molecular complexity index is 3240. The summed E-state index contributed by atoms with van der Waals surface area (Å²) in [5.74, 6) is 1.81. The molecule has 0 N–H and O–H groups in total. The topological polar surface area (TPSA) is 56.7 Å². The van der Waals surface area contributed by atoms with Gasteiger partial charge in [0, 0.05) is 38.5 Å². The maximum atomic E-state index is 6.71. The maximum Gasteiger partial charge on any atom is 0.164 e. The summed E-state index contributed by atoms with van der Waals surface area (Å²) in [4.78, 5) is 15.1. The van der Waals surface area contributed by atoms with Gasteiger partial charge in [-0.15, -0.1) is 0 Å². The predicted molar refractivity (Wildman–Crippen MR) is 229 cm³/mol. The van der Waals surface area contributed by atoms with Gasteiger partial charge in [-0.3, -0.25) is 0 Å². The van der Waals surface area contributed by atoms with Crippen molar-refractivity contribution < 1.29 is 4.42 Å². The first-order valence-electron chi connectivity index (χ1n) is 18.8. The molecule has 3 aromatic heterocycles. The van der Waals surface area contributed by atoms with Crippen molar-refractivity contribution in [3.8, 4) is 62.1 Å². The largest absolute Gasteiger partial charge is 0.456 e. The number of benzene rings is 8. The van der Waals surface area contributed by atoms with Crippen LogP contribution in [-0.4, -0.2) is 19.5 Å². The van der Waals surface area contributed by atoms with Gasteiger partial charge in [0.15, 0.2) is 17.5 Å². The van der Waals surface area contributed by atoms with Gasteiger partial charge in [-0.1, -0.05) is 146 Å². The zero-order chi connectivity index (χ0) is 37.0. The van der Waals surface area contributed by atoms with Gasteiger partial charge in [-0.25, -0.2) is 15.0 Å². The van der Waals surface area contributed by atoms with E-state index in [4.69, 9.17) is 19.4 Å². The van der Waals surface area contributed by atoms with Crippen LogP contribution in [0.15, 0.2) is 199 Å². The molecule has 0 fully saturated rings. The van der Waals surface area contributed by atoms with Crippen molar-refractivity contribution >= 4 is 43.7 Å². The van der Waals surface area contributed by atoms with E-state index in [1.54, 1.807) is 0 Å². The second kappa shape index (κ2) is 13.0. The van der Waals surface area contributed by atoms with Crippen molar-refractivity contribution in [2.75, 3.05) is 0 Å². The summed E-state index contributed by atoms with van der Waals surface area (Å²) in [6.45, 7) is 0. The number of hydrogen-bond acceptors (Lipinski definition) is 4. The minimum Gasteiger partial charge on any atom is -0.456 e. The van der Waals surface area contributed by atoms with Crippen LogP contribution in [0.3, 0.4) is 0 Å². The van der Waals surface area contributed by atoms with Crippen LogP contribution in [-0.2, 0) is 0 Å². The monoisotopic (exact) mass is 716 g/mol. The van der Waals surface area contributed by atoms with Crippen LogP contribution in [0.1, 0.15) is 0 Å². The Balaban J connectivity index is 1.10. The van der Waals surface area contributed by atoms with Gasteiger partial charge < -0.3 is 8.98 Å². The summed E-state index contributed by atoms with van der Waals surface area (Å²) in [5, 5.41) is 4.48. The van der Waals surface area contributed by atoms with E-state index in [0.29, 0.717) is 17.5 Å². The van der Waals surface area contributed by atoms with E-state index < -0.39 is 0 Å². The van der Waals surface area contributed by atoms with Gasteiger partial charge in [-0.05, 0) is 70.8 Å². The molecule has 0 spiro atoms. The molecular weight excluding hydrogens is 685 g/mol. The molecule has 0 unspecified atom stereocenters. The number of hydrogen-bond donors (Lipinski definition) is 0. The molecule has 262 valence electrons. The summed E-state index contributed by atoms with van der Waals surface area (Å²) in [6.07, 6.45) is 0. The number of para-hydroxylation sites is 1. The molecular formula is C51H32N4O. The summed E-state index contributed by atoms with van der Waals surface area (Å²) in [7, 11) is 0. The quantitative estimate of drug-likeness (QED) is 0.172. The Morgan fingerprint density at radius 3 is 1.59 bits per heavy atom. The van der Waals surface area contributed by atoms with Crippen LogP contribution in [0.2, 0.25) is 0 Å². The molecule has 56 heavy (non-hydrogen) atoms. The fraction of sp³-hybridized carbons (Fsp3) is 0. The summed E-state index contributed by atoms with van der Waals surface area (Å²) < 4.78 is 9.10. The van der Waals surface area contributed by atoms with Crippen molar-refractivity contribution in [3.05, 3.63) is 194 Å². The first kappa shape index (κ1) is 31.9. The number of aromatic nitrogens is 4. The van der Waals surface area contributed by atoms with E-state index in [9.17, 15) is 0 Å². The second-order valence-electron chi connectivity index (χ2n) is 14.0. The molecule has 0 amide bonds. The van der Waals surface area contributed by atoms with E-state index in [0.717, 1.165) is 66.5 Å². The minimum absolute atomic E-state index is 0.582. The molecule has 0 aliphatic heterocycles.